The molecule has 7 heteroatoms. The van der Waals surface area contributed by atoms with Gasteiger partial charge in [0.15, 0.2) is 0 Å². The summed E-state index contributed by atoms with van der Waals surface area (Å²) in [5.41, 5.74) is 1.26. The van der Waals surface area contributed by atoms with Crippen molar-refractivity contribution in [3.8, 4) is 16.9 Å². The van der Waals surface area contributed by atoms with E-state index in [-0.39, 0.29) is 11.3 Å². The molecule has 1 aromatic carbocycles. The van der Waals surface area contributed by atoms with Gasteiger partial charge >= 0.3 is 12.3 Å². The lowest BCUT2D eigenvalue weighted by Crippen LogP contribution is -2.16. The molecule has 0 fully saturated rings. The molecule has 2 aromatic rings. The van der Waals surface area contributed by atoms with Crippen LogP contribution in [0.1, 0.15) is 10.4 Å². The average Bonchev–Trinajstić information content (AvgIpc) is 2.45. The molecule has 0 radical (unpaired) electrons. The average molecular weight is 297 g/mol. The zero-order chi connectivity index (χ0) is 15.5. The SMILES string of the molecule is COC(=O)c1ccncc1-c1ccc(OC(F)(F)F)cc1. The van der Waals surface area contributed by atoms with E-state index in [2.05, 4.69) is 14.5 Å². The van der Waals surface area contributed by atoms with Crippen LogP contribution in [0.4, 0.5) is 13.2 Å². The van der Waals surface area contributed by atoms with Crippen molar-refractivity contribution >= 4 is 5.97 Å². The quantitative estimate of drug-likeness (QED) is 0.814. The van der Waals surface area contributed by atoms with Crippen LogP contribution in [0.5, 0.6) is 5.75 Å². The third kappa shape index (κ3) is 3.71. The predicted molar refractivity (Wildman–Crippen MR) is 67.7 cm³/mol. The second kappa shape index (κ2) is 5.82. The zero-order valence-corrected chi connectivity index (χ0v) is 10.8. The van der Waals surface area contributed by atoms with E-state index < -0.39 is 12.3 Å². The number of carbonyl (C=O) groups is 1. The Balaban J connectivity index is 2.33. The van der Waals surface area contributed by atoms with Gasteiger partial charge in [-0.25, -0.2) is 4.79 Å². The van der Waals surface area contributed by atoms with Crippen molar-refractivity contribution in [2.24, 2.45) is 0 Å². The molecule has 21 heavy (non-hydrogen) atoms. The molecule has 110 valence electrons. The van der Waals surface area contributed by atoms with E-state index in [9.17, 15) is 18.0 Å². The number of esters is 1. The van der Waals surface area contributed by atoms with Crippen LogP contribution in [0, 0.1) is 0 Å². The van der Waals surface area contributed by atoms with Crippen molar-refractivity contribution in [2.75, 3.05) is 7.11 Å². The fourth-order valence-corrected chi connectivity index (χ4v) is 1.75. The maximum absolute atomic E-state index is 12.1. The molecule has 0 unspecified atom stereocenters. The second-order valence-corrected chi connectivity index (χ2v) is 3.99. The molecular weight excluding hydrogens is 287 g/mol. The number of pyridine rings is 1. The van der Waals surface area contributed by atoms with E-state index in [0.717, 1.165) is 12.1 Å². The highest BCUT2D eigenvalue weighted by Gasteiger charge is 2.31. The summed E-state index contributed by atoms with van der Waals surface area (Å²) in [6, 6.07) is 6.62. The molecule has 0 bridgehead atoms. The van der Waals surface area contributed by atoms with Gasteiger partial charge < -0.3 is 9.47 Å². The fraction of sp³-hybridized carbons (Fsp3) is 0.143. The Bertz CT molecular complexity index is 639. The van der Waals surface area contributed by atoms with Crippen molar-refractivity contribution in [3.63, 3.8) is 0 Å². The van der Waals surface area contributed by atoms with Gasteiger partial charge in [0, 0.05) is 18.0 Å². The highest BCUT2D eigenvalue weighted by Crippen LogP contribution is 2.28. The molecule has 0 saturated carbocycles. The summed E-state index contributed by atoms with van der Waals surface area (Å²) >= 11 is 0. The number of nitrogens with zero attached hydrogens (tertiary/aromatic N) is 1. The van der Waals surface area contributed by atoms with Crippen LogP contribution in [0.2, 0.25) is 0 Å². The second-order valence-electron chi connectivity index (χ2n) is 3.99. The van der Waals surface area contributed by atoms with Crippen molar-refractivity contribution in [2.45, 2.75) is 6.36 Å². The van der Waals surface area contributed by atoms with Gasteiger partial charge in [0.05, 0.1) is 12.7 Å². The molecule has 1 heterocycles. The van der Waals surface area contributed by atoms with Gasteiger partial charge in [-0.15, -0.1) is 13.2 Å². The van der Waals surface area contributed by atoms with Gasteiger partial charge in [0.2, 0.25) is 0 Å². The van der Waals surface area contributed by atoms with E-state index in [1.807, 2.05) is 0 Å². The molecule has 0 aliphatic carbocycles. The maximum atomic E-state index is 12.1. The number of methoxy groups -OCH3 is 1. The highest BCUT2D eigenvalue weighted by molar-refractivity contribution is 5.96. The highest BCUT2D eigenvalue weighted by atomic mass is 19.4. The summed E-state index contributed by atoms with van der Waals surface area (Å²) in [7, 11) is 1.24. The summed E-state index contributed by atoms with van der Waals surface area (Å²) in [6.07, 6.45) is -1.88. The van der Waals surface area contributed by atoms with Crippen LogP contribution in [0.15, 0.2) is 42.7 Å². The topological polar surface area (TPSA) is 48.4 Å². The molecule has 0 atom stereocenters. The number of hydrogen-bond acceptors (Lipinski definition) is 4. The number of aromatic nitrogens is 1. The summed E-state index contributed by atoms with van der Waals surface area (Å²) in [4.78, 5) is 15.5. The summed E-state index contributed by atoms with van der Waals surface area (Å²) in [6.45, 7) is 0. The van der Waals surface area contributed by atoms with Gasteiger partial charge in [-0.1, -0.05) is 12.1 Å². The van der Waals surface area contributed by atoms with Gasteiger partial charge in [0.1, 0.15) is 5.75 Å². The number of halogens is 3. The third-order valence-corrected chi connectivity index (χ3v) is 2.63. The van der Waals surface area contributed by atoms with E-state index in [0.29, 0.717) is 11.1 Å². The molecule has 1 aromatic heterocycles. The van der Waals surface area contributed by atoms with E-state index in [4.69, 9.17) is 0 Å². The number of benzene rings is 1. The first kappa shape index (κ1) is 14.8. The molecule has 0 aliphatic heterocycles. The van der Waals surface area contributed by atoms with Crippen LogP contribution in [-0.2, 0) is 4.74 Å². The van der Waals surface area contributed by atoms with Gasteiger partial charge in [-0.3, -0.25) is 4.98 Å². The molecule has 4 nitrogen and oxygen atoms in total. The third-order valence-electron chi connectivity index (χ3n) is 2.63. The van der Waals surface area contributed by atoms with E-state index in [1.54, 1.807) is 0 Å². The number of carbonyl (C=O) groups excluding carboxylic acids is 1. The van der Waals surface area contributed by atoms with Crippen molar-refractivity contribution in [3.05, 3.63) is 48.3 Å². The Labute approximate surface area is 118 Å². The minimum absolute atomic E-state index is 0.275. The van der Waals surface area contributed by atoms with Crippen LogP contribution in [0.25, 0.3) is 11.1 Å². The number of rotatable bonds is 3. The zero-order valence-electron chi connectivity index (χ0n) is 10.8. The van der Waals surface area contributed by atoms with Crippen molar-refractivity contribution in [1.29, 1.82) is 0 Å². The lowest BCUT2D eigenvalue weighted by molar-refractivity contribution is -0.274. The molecule has 0 spiro atoms. The molecular formula is C14H10F3NO3. The minimum Gasteiger partial charge on any atom is -0.465 e. The Morgan fingerprint density at radius 3 is 2.38 bits per heavy atom. The van der Waals surface area contributed by atoms with Crippen LogP contribution >= 0.6 is 0 Å². The normalized spacial score (nSPS) is 11.0. The smallest absolute Gasteiger partial charge is 0.465 e. The summed E-state index contributed by atoms with van der Waals surface area (Å²) in [5.74, 6) is -0.891. The Morgan fingerprint density at radius 1 is 1.14 bits per heavy atom. The summed E-state index contributed by atoms with van der Waals surface area (Å²) < 4.78 is 44.7. The standard InChI is InChI=1S/C14H10F3NO3/c1-20-13(19)11-6-7-18-8-12(11)9-2-4-10(5-3-9)21-14(15,16)17/h2-8H,1H3. The lowest BCUT2D eigenvalue weighted by Gasteiger charge is -2.10. The largest absolute Gasteiger partial charge is 0.573 e. The molecule has 0 N–H and O–H groups in total. The van der Waals surface area contributed by atoms with Crippen LogP contribution in [-0.4, -0.2) is 24.4 Å². The Hall–Kier alpha value is -2.57. The first-order valence-electron chi connectivity index (χ1n) is 5.79. The number of alkyl halides is 3. The monoisotopic (exact) mass is 297 g/mol. The predicted octanol–water partition coefficient (Wildman–Crippen LogP) is 3.43. The first-order chi connectivity index (χ1) is 9.90. The Morgan fingerprint density at radius 2 is 1.81 bits per heavy atom. The Kier molecular flexibility index (Phi) is 4.11. The van der Waals surface area contributed by atoms with Gasteiger partial charge in [-0.2, -0.15) is 0 Å². The fourth-order valence-electron chi connectivity index (χ4n) is 1.75. The summed E-state index contributed by atoms with van der Waals surface area (Å²) in [5, 5.41) is 0. The van der Waals surface area contributed by atoms with Gasteiger partial charge in [-0.05, 0) is 23.8 Å². The maximum Gasteiger partial charge on any atom is 0.573 e. The molecule has 2 rings (SSSR count). The molecule has 0 aliphatic rings. The first-order valence-corrected chi connectivity index (χ1v) is 5.79. The van der Waals surface area contributed by atoms with E-state index >= 15 is 0 Å². The number of ether oxygens (including phenoxy) is 2. The van der Waals surface area contributed by atoms with Crippen molar-refractivity contribution in [1.82, 2.24) is 4.98 Å². The van der Waals surface area contributed by atoms with Crippen LogP contribution < -0.4 is 4.74 Å². The number of hydrogen-bond donors (Lipinski definition) is 0. The molecule has 0 saturated heterocycles. The van der Waals surface area contributed by atoms with E-state index in [1.165, 1.54) is 37.7 Å². The van der Waals surface area contributed by atoms with Crippen LogP contribution in [0.3, 0.4) is 0 Å². The van der Waals surface area contributed by atoms with Crippen molar-refractivity contribution < 1.29 is 27.4 Å². The minimum atomic E-state index is -4.74. The molecule has 0 amide bonds. The lowest BCUT2D eigenvalue weighted by atomic mass is 10.0. The van der Waals surface area contributed by atoms with Gasteiger partial charge in [0.25, 0.3) is 0 Å².